The normalized spacial score (nSPS) is 18.9. The molecule has 124 valence electrons. The Morgan fingerprint density at radius 2 is 2.18 bits per heavy atom. The molecular weight excluding hydrogens is 274 g/mol. The van der Waals surface area contributed by atoms with Crippen molar-refractivity contribution in [1.82, 2.24) is 15.3 Å². The second kappa shape index (κ2) is 8.32. The molecule has 1 aromatic rings. The number of anilines is 2. The van der Waals surface area contributed by atoms with Crippen LogP contribution in [0.2, 0.25) is 0 Å². The third kappa shape index (κ3) is 5.13. The molecule has 5 heteroatoms. The lowest BCUT2D eigenvalue weighted by Gasteiger charge is -2.35. The topological polar surface area (TPSA) is 67.1 Å². The van der Waals surface area contributed by atoms with Crippen molar-refractivity contribution in [2.45, 2.75) is 58.9 Å². The first-order valence-corrected chi connectivity index (χ1v) is 8.70. The summed E-state index contributed by atoms with van der Waals surface area (Å²) in [5, 5.41) is 3.60. The van der Waals surface area contributed by atoms with E-state index >= 15 is 0 Å². The van der Waals surface area contributed by atoms with Gasteiger partial charge in [-0.25, -0.2) is 4.98 Å². The monoisotopic (exact) mass is 305 g/mol. The molecule has 0 amide bonds. The molecule has 0 spiro atoms. The van der Waals surface area contributed by atoms with E-state index in [4.69, 9.17) is 5.73 Å². The number of nitrogens with zero attached hydrogens (tertiary/aromatic N) is 3. The van der Waals surface area contributed by atoms with E-state index in [1.54, 1.807) is 0 Å². The Morgan fingerprint density at radius 1 is 1.36 bits per heavy atom. The molecule has 0 aromatic carbocycles. The van der Waals surface area contributed by atoms with Crippen molar-refractivity contribution < 1.29 is 0 Å². The molecule has 3 N–H and O–H groups in total. The van der Waals surface area contributed by atoms with E-state index in [1.807, 2.05) is 0 Å². The predicted molar refractivity (Wildman–Crippen MR) is 93.1 cm³/mol. The smallest absolute Gasteiger partial charge is 0.222 e. The van der Waals surface area contributed by atoms with Crippen LogP contribution < -0.4 is 16.0 Å². The largest absolute Gasteiger partial charge is 0.368 e. The van der Waals surface area contributed by atoms with Crippen molar-refractivity contribution in [2.24, 2.45) is 5.92 Å². The second-order valence-corrected chi connectivity index (χ2v) is 6.76. The highest BCUT2D eigenvalue weighted by Crippen LogP contribution is 2.19. The quantitative estimate of drug-likeness (QED) is 0.758. The minimum Gasteiger partial charge on any atom is -0.368 e. The van der Waals surface area contributed by atoms with Gasteiger partial charge in [-0.05, 0) is 25.2 Å². The van der Waals surface area contributed by atoms with Crippen LogP contribution in [-0.4, -0.2) is 35.6 Å². The predicted octanol–water partition coefficient (Wildman–Crippen LogP) is 2.62. The lowest BCUT2D eigenvalue weighted by atomic mass is 10.0. The van der Waals surface area contributed by atoms with Gasteiger partial charge in [0.2, 0.25) is 5.95 Å². The number of nitrogens with one attached hydrogen (secondary N) is 1. The van der Waals surface area contributed by atoms with Crippen molar-refractivity contribution in [3.8, 4) is 0 Å². The number of rotatable bonds is 7. The Morgan fingerprint density at radius 3 is 2.91 bits per heavy atom. The second-order valence-electron chi connectivity index (χ2n) is 6.76. The summed E-state index contributed by atoms with van der Waals surface area (Å²) in [4.78, 5) is 11.2. The summed E-state index contributed by atoms with van der Waals surface area (Å²) in [5.74, 6) is 2.11. The summed E-state index contributed by atoms with van der Waals surface area (Å²) in [6.07, 6.45) is 5.82. The van der Waals surface area contributed by atoms with Crippen LogP contribution in [0.5, 0.6) is 0 Å². The fraction of sp³-hybridized carbons (Fsp3) is 0.765. The third-order valence-corrected chi connectivity index (χ3v) is 4.15. The van der Waals surface area contributed by atoms with Crippen LogP contribution in [-0.2, 0) is 6.42 Å². The number of hydrogen-bond donors (Lipinski definition) is 2. The maximum atomic E-state index is 5.92. The summed E-state index contributed by atoms with van der Waals surface area (Å²) >= 11 is 0. The molecule has 1 aliphatic heterocycles. The number of unbranched alkanes of at least 4 members (excludes halogenated alkanes) is 2. The average Bonchev–Trinajstić information content (AvgIpc) is 2.46. The molecule has 0 aliphatic carbocycles. The summed E-state index contributed by atoms with van der Waals surface area (Å²) in [5.41, 5.74) is 7.00. The molecule has 0 unspecified atom stereocenters. The molecular formula is C17H31N5. The average molecular weight is 305 g/mol. The highest BCUT2D eigenvalue weighted by Gasteiger charge is 2.21. The van der Waals surface area contributed by atoms with E-state index in [9.17, 15) is 0 Å². The lowest BCUT2D eigenvalue weighted by Crippen LogP contribution is -2.51. The third-order valence-electron chi connectivity index (χ3n) is 4.15. The van der Waals surface area contributed by atoms with E-state index in [0.29, 0.717) is 17.9 Å². The number of nitrogen functional groups attached to an aromatic ring is 1. The first kappa shape index (κ1) is 17.0. The van der Waals surface area contributed by atoms with E-state index < -0.39 is 0 Å². The summed E-state index contributed by atoms with van der Waals surface area (Å²) < 4.78 is 0. The molecule has 0 bridgehead atoms. The standard InChI is InChI=1S/C17H31N5/c1-4-5-6-7-14-11-16(21-17(18)20-14)22-9-8-19-15(12-22)10-13(2)3/h11,13,15,19H,4-10,12H2,1-3H3,(H2,18,20,21)/t15-/m0/s1. The van der Waals surface area contributed by atoms with Gasteiger partial charge in [-0.1, -0.05) is 33.6 Å². The molecule has 2 rings (SSSR count). The van der Waals surface area contributed by atoms with Crippen LogP contribution in [0.15, 0.2) is 6.07 Å². The number of aryl methyl sites for hydroxylation is 1. The van der Waals surface area contributed by atoms with Crippen LogP contribution in [0.25, 0.3) is 0 Å². The highest BCUT2D eigenvalue weighted by atomic mass is 15.3. The van der Waals surface area contributed by atoms with Crippen LogP contribution in [0.1, 0.15) is 52.1 Å². The number of aromatic nitrogens is 2. The molecule has 2 heterocycles. The Hall–Kier alpha value is -1.36. The maximum absolute atomic E-state index is 5.92. The number of nitrogens with two attached hydrogens (primary N) is 1. The molecule has 5 nitrogen and oxygen atoms in total. The van der Waals surface area contributed by atoms with Crippen molar-refractivity contribution in [2.75, 3.05) is 30.3 Å². The van der Waals surface area contributed by atoms with Gasteiger partial charge in [-0.3, -0.25) is 0 Å². The van der Waals surface area contributed by atoms with E-state index in [0.717, 1.165) is 37.6 Å². The van der Waals surface area contributed by atoms with Gasteiger partial charge in [0.15, 0.2) is 0 Å². The summed E-state index contributed by atoms with van der Waals surface area (Å²) in [6, 6.07) is 2.66. The van der Waals surface area contributed by atoms with Crippen LogP contribution in [0, 0.1) is 5.92 Å². The Kier molecular flexibility index (Phi) is 6.43. The van der Waals surface area contributed by atoms with Crippen LogP contribution >= 0.6 is 0 Å². The molecule has 1 atom stereocenters. The van der Waals surface area contributed by atoms with Gasteiger partial charge in [-0.2, -0.15) is 4.98 Å². The van der Waals surface area contributed by atoms with Gasteiger partial charge in [0, 0.05) is 37.4 Å². The van der Waals surface area contributed by atoms with Crippen molar-refractivity contribution in [1.29, 1.82) is 0 Å². The van der Waals surface area contributed by atoms with Gasteiger partial charge >= 0.3 is 0 Å². The zero-order valence-electron chi connectivity index (χ0n) is 14.3. The fourth-order valence-electron chi connectivity index (χ4n) is 3.11. The van der Waals surface area contributed by atoms with Gasteiger partial charge in [0.1, 0.15) is 5.82 Å². The molecule has 1 aliphatic rings. The van der Waals surface area contributed by atoms with Gasteiger partial charge in [0.05, 0.1) is 0 Å². The molecule has 22 heavy (non-hydrogen) atoms. The molecule has 1 fully saturated rings. The van der Waals surface area contributed by atoms with Crippen molar-refractivity contribution >= 4 is 11.8 Å². The zero-order chi connectivity index (χ0) is 15.9. The van der Waals surface area contributed by atoms with E-state index in [1.165, 1.54) is 25.7 Å². The summed E-state index contributed by atoms with van der Waals surface area (Å²) in [7, 11) is 0. The first-order chi connectivity index (χ1) is 10.6. The van der Waals surface area contributed by atoms with Crippen molar-refractivity contribution in [3.63, 3.8) is 0 Å². The minimum atomic E-state index is 0.406. The Balaban J connectivity index is 2.03. The molecule has 0 radical (unpaired) electrons. The van der Waals surface area contributed by atoms with Gasteiger partial charge in [0.25, 0.3) is 0 Å². The highest BCUT2D eigenvalue weighted by molar-refractivity contribution is 5.44. The molecule has 1 aromatic heterocycles. The molecule has 1 saturated heterocycles. The SMILES string of the molecule is CCCCCc1cc(N2CCN[C@@H](CC(C)C)C2)nc(N)n1. The number of hydrogen-bond acceptors (Lipinski definition) is 5. The summed E-state index contributed by atoms with van der Waals surface area (Å²) in [6.45, 7) is 9.76. The maximum Gasteiger partial charge on any atom is 0.222 e. The fourth-order valence-corrected chi connectivity index (χ4v) is 3.11. The van der Waals surface area contributed by atoms with Crippen molar-refractivity contribution in [3.05, 3.63) is 11.8 Å². The Labute approximate surface area is 134 Å². The van der Waals surface area contributed by atoms with Gasteiger partial charge in [-0.15, -0.1) is 0 Å². The first-order valence-electron chi connectivity index (χ1n) is 8.70. The lowest BCUT2D eigenvalue weighted by molar-refractivity contribution is 0.387. The molecule has 0 saturated carbocycles. The van der Waals surface area contributed by atoms with Crippen LogP contribution in [0.3, 0.4) is 0 Å². The number of piperazine rings is 1. The van der Waals surface area contributed by atoms with Crippen LogP contribution in [0.4, 0.5) is 11.8 Å². The van der Waals surface area contributed by atoms with Gasteiger partial charge < -0.3 is 16.0 Å². The van der Waals surface area contributed by atoms with E-state index in [2.05, 4.69) is 47.0 Å². The Bertz CT molecular complexity index is 460. The zero-order valence-corrected chi connectivity index (χ0v) is 14.3. The van der Waals surface area contributed by atoms with E-state index in [-0.39, 0.29) is 0 Å². The minimum absolute atomic E-state index is 0.406.